The zero-order valence-corrected chi connectivity index (χ0v) is 12.8. The van der Waals surface area contributed by atoms with Gasteiger partial charge in [0.05, 0.1) is 6.07 Å². The zero-order valence-electron chi connectivity index (χ0n) is 12.8. The number of hydrogen-bond acceptors (Lipinski definition) is 2. The second kappa shape index (κ2) is 5.02. The average Bonchev–Trinajstić information content (AvgIpc) is 2.43. The van der Waals surface area contributed by atoms with Crippen molar-refractivity contribution in [1.29, 1.82) is 5.26 Å². The van der Waals surface area contributed by atoms with Gasteiger partial charge in [-0.2, -0.15) is 5.26 Å². The maximum atomic E-state index is 9.84. The van der Waals surface area contributed by atoms with Gasteiger partial charge in [-0.1, -0.05) is 6.92 Å². The lowest BCUT2D eigenvalue weighted by Crippen LogP contribution is -2.54. The highest BCUT2D eigenvalue weighted by atomic mass is 15.2. The van der Waals surface area contributed by atoms with Gasteiger partial charge in [0.25, 0.3) is 0 Å². The first-order valence-electron chi connectivity index (χ1n) is 8.88. The number of rotatable bonds is 2. The molecule has 1 saturated heterocycles. The molecule has 1 atom stereocenters. The molecule has 4 aliphatic carbocycles. The lowest BCUT2D eigenvalue weighted by atomic mass is 9.50. The molecule has 2 nitrogen and oxygen atoms in total. The second-order valence-electron chi connectivity index (χ2n) is 8.30. The fourth-order valence-electron chi connectivity index (χ4n) is 6.20. The van der Waals surface area contributed by atoms with E-state index in [-0.39, 0.29) is 6.04 Å². The maximum Gasteiger partial charge on any atom is 0.101 e. The first-order valence-corrected chi connectivity index (χ1v) is 8.88. The van der Waals surface area contributed by atoms with Gasteiger partial charge in [-0.05, 0) is 93.5 Å². The van der Waals surface area contributed by atoms with Crippen LogP contribution in [0.5, 0.6) is 0 Å². The molecule has 110 valence electrons. The average molecular weight is 272 g/mol. The first kappa shape index (κ1) is 13.1. The van der Waals surface area contributed by atoms with Gasteiger partial charge in [-0.3, -0.25) is 4.90 Å². The van der Waals surface area contributed by atoms with Gasteiger partial charge in [0.15, 0.2) is 0 Å². The quantitative estimate of drug-likeness (QED) is 0.766. The molecule has 1 aliphatic heterocycles. The summed E-state index contributed by atoms with van der Waals surface area (Å²) in [6.45, 7) is 4.70. The topological polar surface area (TPSA) is 27.0 Å². The molecule has 20 heavy (non-hydrogen) atoms. The normalized spacial score (nSPS) is 46.3. The predicted molar refractivity (Wildman–Crippen MR) is 79.9 cm³/mol. The van der Waals surface area contributed by atoms with Crippen molar-refractivity contribution in [2.75, 3.05) is 13.1 Å². The van der Waals surface area contributed by atoms with Crippen molar-refractivity contribution in [3.05, 3.63) is 0 Å². The standard InChI is InChI=1S/C18H28N2/c1-12-2-4-20(5-3-12)17(11-19)18-15-7-13-6-14(9-15)10-16(18)8-13/h12-18H,2-10H2,1H3. The van der Waals surface area contributed by atoms with Gasteiger partial charge in [0, 0.05) is 0 Å². The molecule has 0 amide bonds. The van der Waals surface area contributed by atoms with Crippen LogP contribution in [0.2, 0.25) is 0 Å². The van der Waals surface area contributed by atoms with Gasteiger partial charge in [0.2, 0.25) is 0 Å². The molecule has 4 saturated carbocycles. The van der Waals surface area contributed by atoms with Crippen molar-refractivity contribution in [3.8, 4) is 6.07 Å². The molecule has 5 aliphatic rings. The molecule has 0 N–H and O–H groups in total. The summed E-state index contributed by atoms with van der Waals surface area (Å²) in [5.41, 5.74) is 0. The molecule has 5 fully saturated rings. The van der Waals surface area contributed by atoms with Crippen LogP contribution in [0.3, 0.4) is 0 Å². The van der Waals surface area contributed by atoms with Crippen molar-refractivity contribution >= 4 is 0 Å². The predicted octanol–water partition coefficient (Wildman–Crippen LogP) is 3.68. The number of piperidine rings is 1. The summed E-state index contributed by atoms with van der Waals surface area (Å²) in [4.78, 5) is 2.55. The van der Waals surface area contributed by atoms with Crippen molar-refractivity contribution in [2.45, 2.75) is 57.9 Å². The van der Waals surface area contributed by atoms with Crippen LogP contribution in [0, 0.1) is 46.8 Å². The first-order chi connectivity index (χ1) is 9.74. The van der Waals surface area contributed by atoms with E-state index in [0.717, 1.165) is 29.6 Å². The Morgan fingerprint density at radius 2 is 1.50 bits per heavy atom. The molecule has 5 rings (SSSR count). The highest BCUT2D eigenvalue weighted by Gasteiger charge is 2.51. The van der Waals surface area contributed by atoms with Gasteiger partial charge in [-0.25, -0.2) is 0 Å². The smallest absolute Gasteiger partial charge is 0.101 e. The molecule has 0 aromatic carbocycles. The summed E-state index contributed by atoms with van der Waals surface area (Å²) in [6, 6.07) is 2.97. The fourth-order valence-corrected chi connectivity index (χ4v) is 6.20. The molecule has 1 heterocycles. The summed E-state index contributed by atoms with van der Waals surface area (Å²) in [7, 11) is 0. The van der Waals surface area contributed by atoms with E-state index in [1.54, 1.807) is 0 Å². The lowest BCUT2D eigenvalue weighted by molar-refractivity contribution is -0.0661. The van der Waals surface area contributed by atoms with E-state index in [2.05, 4.69) is 17.9 Å². The van der Waals surface area contributed by atoms with Crippen LogP contribution in [0.1, 0.15) is 51.9 Å². The SMILES string of the molecule is CC1CCN(C(C#N)C2C3CC4CC(C3)CC2C4)CC1. The summed E-state index contributed by atoms with van der Waals surface area (Å²) in [6.07, 6.45) is 9.88. The third-order valence-corrected chi connectivity index (χ3v) is 7.01. The molecule has 4 bridgehead atoms. The third-order valence-electron chi connectivity index (χ3n) is 7.01. The van der Waals surface area contributed by atoms with E-state index >= 15 is 0 Å². The highest BCUT2D eigenvalue weighted by molar-refractivity contribution is 5.08. The summed E-state index contributed by atoms with van der Waals surface area (Å²) in [5, 5.41) is 9.84. The van der Waals surface area contributed by atoms with Gasteiger partial charge in [-0.15, -0.1) is 0 Å². The Morgan fingerprint density at radius 3 is 2.00 bits per heavy atom. The Labute approximate surface area is 123 Å². The Kier molecular flexibility index (Phi) is 3.30. The Balaban J connectivity index is 1.52. The minimum atomic E-state index is 0.234. The Bertz CT molecular complexity index is 374. The fraction of sp³-hybridized carbons (Fsp3) is 0.944. The summed E-state index contributed by atoms with van der Waals surface area (Å²) < 4.78 is 0. The molecule has 0 radical (unpaired) electrons. The highest BCUT2D eigenvalue weighted by Crippen LogP contribution is 2.57. The van der Waals surface area contributed by atoms with Crippen LogP contribution in [-0.4, -0.2) is 24.0 Å². The molecule has 0 aromatic heterocycles. The molecule has 2 heteroatoms. The monoisotopic (exact) mass is 272 g/mol. The third kappa shape index (κ3) is 2.10. The van der Waals surface area contributed by atoms with Crippen molar-refractivity contribution in [3.63, 3.8) is 0 Å². The van der Waals surface area contributed by atoms with E-state index in [1.807, 2.05) is 0 Å². The van der Waals surface area contributed by atoms with Crippen molar-refractivity contribution in [2.24, 2.45) is 35.5 Å². The van der Waals surface area contributed by atoms with E-state index < -0.39 is 0 Å². The van der Waals surface area contributed by atoms with Crippen LogP contribution in [0.15, 0.2) is 0 Å². The van der Waals surface area contributed by atoms with Gasteiger partial charge in [0.1, 0.15) is 6.04 Å². The lowest BCUT2D eigenvalue weighted by Gasteiger charge is -2.56. The van der Waals surface area contributed by atoms with Crippen LogP contribution in [0.25, 0.3) is 0 Å². The largest absolute Gasteiger partial charge is 0.288 e. The Hall–Kier alpha value is -0.550. The molecular weight excluding hydrogens is 244 g/mol. The molecule has 0 spiro atoms. The van der Waals surface area contributed by atoms with Gasteiger partial charge >= 0.3 is 0 Å². The van der Waals surface area contributed by atoms with Crippen molar-refractivity contribution in [1.82, 2.24) is 4.90 Å². The van der Waals surface area contributed by atoms with Crippen LogP contribution < -0.4 is 0 Å². The number of nitriles is 1. The van der Waals surface area contributed by atoms with E-state index in [4.69, 9.17) is 0 Å². The second-order valence-corrected chi connectivity index (χ2v) is 8.30. The van der Waals surface area contributed by atoms with E-state index in [1.165, 1.54) is 58.0 Å². The number of hydrogen-bond donors (Lipinski definition) is 0. The van der Waals surface area contributed by atoms with Crippen LogP contribution >= 0.6 is 0 Å². The molecular formula is C18H28N2. The molecule has 0 aromatic rings. The number of nitrogens with zero attached hydrogens (tertiary/aromatic N) is 2. The van der Waals surface area contributed by atoms with Crippen molar-refractivity contribution < 1.29 is 0 Å². The van der Waals surface area contributed by atoms with E-state index in [9.17, 15) is 5.26 Å². The van der Waals surface area contributed by atoms with E-state index in [0.29, 0.717) is 5.92 Å². The molecule has 1 unspecified atom stereocenters. The summed E-state index contributed by atoms with van der Waals surface area (Å²) >= 11 is 0. The minimum Gasteiger partial charge on any atom is -0.288 e. The zero-order chi connectivity index (χ0) is 13.7. The Morgan fingerprint density at radius 1 is 0.950 bits per heavy atom. The van der Waals surface area contributed by atoms with Crippen LogP contribution in [-0.2, 0) is 0 Å². The van der Waals surface area contributed by atoms with Gasteiger partial charge < -0.3 is 0 Å². The van der Waals surface area contributed by atoms with Crippen LogP contribution in [0.4, 0.5) is 0 Å². The maximum absolute atomic E-state index is 9.84. The minimum absolute atomic E-state index is 0.234. The number of likely N-dealkylation sites (tertiary alicyclic amines) is 1. The summed E-state index contributed by atoms with van der Waals surface area (Å²) in [5.74, 6) is 5.39.